The molecule has 0 aromatic heterocycles. The van der Waals surface area contributed by atoms with Gasteiger partial charge in [0.15, 0.2) is 6.10 Å². The predicted molar refractivity (Wildman–Crippen MR) is 127 cm³/mol. The number of hydrogen-bond acceptors (Lipinski definition) is 4. The summed E-state index contributed by atoms with van der Waals surface area (Å²) in [6.07, 6.45) is -0.00445. The molecule has 0 spiro atoms. The highest BCUT2D eigenvalue weighted by atomic mass is 19.3. The summed E-state index contributed by atoms with van der Waals surface area (Å²) in [6.45, 7) is -0.714. The van der Waals surface area contributed by atoms with Gasteiger partial charge >= 0.3 is 6.11 Å². The Labute approximate surface area is 203 Å². The molecule has 0 amide bonds. The standard InChI is InChI=1S/C28H29F3O4/c29-20-33-24-11-15-25(16-12-24)34-27(21-7-3-1-4-8-21)19-32-23-13-17-26(18-14-23)35-28(30,31)22-9-5-2-6-10-22/h1,3-4,7-8,11-18,22,27H,2,5-6,9-10,19-20H2. The second-order valence-corrected chi connectivity index (χ2v) is 8.52. The molecule has 186 valence electrons. The van der Waals surface area contributed by atoms with Crippen molar-refractivity contribution < 1.29 is 32.1 Å². The second-order valence-electron chi connectivity index (χ2n) is 8.52. The number of hydrogen-bond donors (Lipinski definition) is 0. The number of benzene rings is 3. The molecule has 1 aliphatic carbocycles. The molecular weight excluding hydrogens is 457 g/mol. The lowest BCUT2D eigenvalue weighted by molar-refractivity contribution is -0.221. The molecule has 0 heterocycles. The molecule has 35 heavy (non-hydrogen) atoms. The molecule has 1 unspecified atom stereocenters. The van der Waals surface area contributed by atoms with Crippen molar-refractivity contribution in [3.05, 3.63) is 84.4 Å². The molecule has 0 bridgehead atoms. The molecule has 7 heteroatoms. The summed E-state index contributed by atoms with van der Waals surface area (Å²) in [6, 6.07) is 22.4. The van der Waals surface area contributed by atoms with Gasteiger partial charge in [-0.2, -0.15) is 8.78 Å². The SMILES string of the molecule is FCOc1ccc(OC(COc2ccc(OC(F)(F)C3CCCCC3)cc2)c2ccccc2)cc1. The van der Waals surface area contributed by atoms with Crippen LogP contribution in [0.1, 0.15) is 43.8 Å². The van der Waals surface area contributed by atoms with Crippen LogP contribution in [0.2, 0.25) is 0 Å². The average Bonchev–Trinajstić information content (AvgIpc) is 2.89. The quantitative estimate of drug-likeness (QED) is 0.278. The van der Waals surface area contributed by atoms with Gasteiger partial charge in [0.2, 0.25) is 6.86 Å². The number of ether oxygens (including phenoxy) is 4. The summed E-state index contributed by atoms with van der Waals surface area (Å²) in [5.74, 6) is 0.855. The van der Waals surface area contributed by atoms with E-state index in [9.17, 15) is 13.2 Å². The van der Waals surface area contributed by atoms with Gasteiger partial charge < -0.3 is 18.9 Å². The first-order chi connectivity index (χ1) is 17.0. The molecule has 0 N–H and O–H groups in total. The van der Waals surface area contributed by atoms with Gasteiger partial charge in [-0.3, -0.25) is 0 Å². The fraction of sp³-hybridized carbons (Fsp3) is 0.357. The van der Waals surface area contributed by atoms with Crippen LogP contribution >= 0.6 is 0 Å². The van der Waals surface area contributed by atoms with Gasteiger partial charge in [0, 0.05) is 0 Å². The Morgan fingerprint density at radius 3 is 1.91 bits per heavy atom. The van der Waals surface area contributed by atoms with Crippen molar-refractivity contribution in [1.29, 1.82) is 0 Å². The van der Waals surface area contributed by atoms with E-state index in [1.165, 1.54) is 12.1 Å². The number of halogens is 3. The molecule has 4 rings (SSSR count). The van der Waals surface area contributed by atoms with E-state index < -0.39 is 25.0 Å². The summed E-state index contributed by atoms with van der Waals surface area (Å²) in [4.78, 5) is 0. The highest BCUT2D eigenvalue weighted by molar-refractivity contribution is 5.33. The fourth-order valence-electron chi connectivity index (χ4n) is 4.16. The first kappa shape index (κ1) is 24.8. The third-order valence-corrected chi connectivity index (χ3v) is 6.05. The molecule has 0 saturated heterocycles. The van der Waals surface area contributed by atoms with Crippen LogP contribution in [0.3, 0.4) is 0 Å². The summed E-state index contributed by atoms with van der Waals surface area (Å²) in [7, 11) is 0. The van der Waals surface area contributed by atoms with E-state index in [0.29, 0.717) is 30.1 Å². The topological polar surface area (TPSA) is 36.9 Å². The molecule has 0 aliphatic heterocycles. The molecule has 3 aromatic rings. The van der Waals surface area contributed by atoms with Gasteiger partial charge in [-0.1, -0.05) is 49.6 Å². The predicted octanol–water partition coefficient (Wildman–Crippen LogP) is 7.74. The summed E-state index contributed by atoms with van der Waals surface area (Å²) in [5.41, 5.74) is 0.906. The van der Waals surface area contributed by atoms with Crippen LogP contribution in [0.15, 0.2) is 78.9 Å². The zero-order valence-corrected chi connectivity index (χ0v) is 19.4. The summed E-state index contributed by atoms with van der Waals surface area (Å²) in [5, 5.41) is 0. The lowest BCUT2D eigenvalue weighted by atomic mass is 9.88. The number of alkyl halides is 3. The van der Waals surface area contributed by atoms with Crippen LogP contribution < -0.4 is 18.9 Å². The van der Waals surface area contributed by atoms with Gasteiger partial charge in [-0.05, 0) is 66.9 Å². The van der Waals surface area contributed by atoms with Gasteiger partial charge in [-0.25, -0.2) is 4.39 Å². The number of rotatable bonds is 11. The maximum Gasteiger partial charge on any atom is 0.400 e. The Balaban J connectivity index is 1.38. The summed E-state index contributed by atoms with van der Waals surface area (Å²) >= 11 is 0. The van der Waals surface area contributed by atoms with Crippen molar-refractivity contribution >= 4 is 0 Å². The molecule has 4 nitrogen and oxygen atoms in total. The molecular formula is C28H29F3O4. The maximum atomic E-state index is 14.5. The van der Waals surface area contributed by atoms with E-state index >= 15 is 0 Å². The zero-order chi connectivity index (χ0) is 24.5. The third-order valence-electron chi connectivity index (χ3n) is 6.05. The van der Waals surface area contributed by atoms with Crippen molar-refractivity contribution in [3.8, 4) is 23.0 Å². The van der Waals surface area contributed by atoms with E-state index in [4.69, 9.17) is 18.9 Å². The molecule has 1 atom stereocenters. The Hall–Kier alpha value is -3.35. The average molecular weight is 487 g/mol. The van der Waals surface area contributed by atoms with Crippen LogP contribution in [-0.2, 0) is 0 Å². The van der Waals surface area contributed by atoms with Crippen LogP contribution in [0, 0.1) is 5.92 Å². The molecule has 3 aromatic carbocycles. The maximum absolute atomic E-state index is 14.5. The lowest BCUT2D eigenvalue weighted by Gasteiger charge is -2.29. The van der Waals surface area contributed by atoms with Gasteiger partial charge in [-0.15, -0.1) is 0 Å². The summed E-state index contributed by atoms with van der Waals surface area (Å²) < 4.78 is 63.3. The smallest absolute Gasteiger partial charge is 0.400 e. The van der Waals surface area contributed by atoms with E-state index in [1.54, 1.807) is 36.4 Å². The molecule has 1 aliphatic rings. The van der Waals surface area contributed by atoms with Crippen LogP contribution in [0.25, 0.3) is 0 Å². The first-order valence-electron chi connectivity index (χ1n) is 11.8. The van der Waals surface area contributed by atoms with Gasteiger partial charge in [0.05, 0.1) is 5.92 Å². The fourth-order valence-corrected chi connectivity index (χ4v) is 4.16. The second kappa shape index (κ2) is 11.9. The van der Waals surface area contributed by atoms with Gasteiger partial charge in [0.25, 0.3) is 0 Å². The minimum absolute atomic E-state index is 0.111. The Morgan fingerprint density at radius 2 is 1.29 bits per heavy atom. The van der Waals surface area contributed by atoms with Crippen LogP contribution in [0.5, 0.6) is 23.0 Å². The van der Waals surface area contributed by atoms with Gasteiger partial charge in [0.1, 0.15) is 29.6 Å². The van der Waals surface area contributed by atoms with E-state index in [-0.39, 0.29) is 12.4 Å². The largest absolute Gasteiger partial charge is 0.489 e. The van der Waals surface area contributed by atoms with Crippen molar-refractivity contribution in [1.82, 2.24) is 0 Å². The van der Waals surface area contributed by atoms with Crippen molar-refractivity contribution in [2.75, 3.05) is 13.5 Å². The molecule has 0 radical (unpaired) electrons. The highest BCUT2D eigenvalue weighted by Crippen LogP contribution is 2.38. The minimum atomic E-state index is -3.18. The Kier molecular flexibility index (Phi) is 8.40. The Morgan fingerprint density at radius 1 is 0.714 bits per heavy atom. The monoisotopic (exact) mass is 486 g/mol. The Bertz CT molecular complexity index is 1020. The van der Waals surface area contributed by atoms with Crippen LogP contribution in [0.4, 0.5) is 13.2 Å². The first-order valence-corrected chi connectivity index (χ1v) is 11.8. The lowest BCUT2D eigenvalue weighted by Crippen LogP contribution is -2.35. The highest BCUT2D eigenvalue weighted by Gasteiger charge is 2.42. The minimum Gasteiger partial charge on any atom is -0.489 e. The van der Waals surface area contributed by atoms with E-state index in [2.05, 4.69) is 0 Å². The van der Waals surface area contributed by atoms with Crippen molar-refractivity contribution in [3.63, 3.8) is 0 Å². The van der Waals surface area contributed by atoms with Crippen LogP contribution in [-0.4, -0.2) is 19.6 Å². The molecule has 1 fully saturated rings. The zero-order valence-electron chi connectivity index (χ0n) is 19.4. The molecule has 1 saturated carbocycles. The van der Waals surface area contributed by atoms with Crippen molar-refractivity contribution in [2.24, 2.45) is 5.92 Å². The van der Waals surface area contributed by atoms with E-state index in [1.807, 2.05) is 30.3 Å². The normalized spacial score (nSPS) is 15.3. The third kappa shape index (κ3) is 7.07. The van der Waals surface area contributed by atoms with Crippen molar-refractivity contribution in [2.45, 2.75) is 44.3 Å². The van der Waals surface area contributed by atoms with E-state index in [0.717, 1.165) is 24.8 Å².